The fraction of sp³-hybridized carbons (Fsp3) is 0.286. The molecule has 0 aromatic heterocycles. The molecule has 7 nitrogen and oxygen atoms in total. The number of carbonyl (C=O) groups excluding carboxylic acids is 3. The van der Waals surface area contributed by atoms with E-state index in [9.17, 15) is 27.6 Å². The van der Waals surface area contributed by atoms with Crippen LogP contribution in [0.2, 0.25) is 0 Å². The Balaban J connectivity index is 1.76. The van der Waals surface area contributed by atoms with Gasteiger partial charge in [-0.25, -0.2) is 0 Å². The number of nitrogens with one attached hydrogen (secondary N) is 1. The van der Waals surface area contributed by atoms with Crippen LogP contribution in [-0.4, -0.2) is 55.7 Å². The zero-order valence-corrected chi connectivity index (χ0v) is 16.5. The van der Waals surface area contributed by atoms with Crippen LogP contribution >= 0.6 is 0 Å². The Morgan fingerprint density at radius 1 is 1.06 bits per heavy atom. The van der Waals surface area contributed by atoms with Gasteiger partial charge < -0.3 is 14.8 Å². The maximum atomic E-state index is 12.6. The zero-order chi connectivity index (χ0) is 22.6. The molecule has 164 valence electrons. The van der Waals surface area contributed by atoms with Crippen LogP contribution in [0.1, 0.15) is 37.5 Å². The molecule has 0 spiro atoms. The number of alkyl halides is 3. The van der Waals surface area contributed by atoms with Crippen molar-refractivity contribution in [1.82, 2.24) is 4.90 Å². The molecular weight excluding hydrogens is 417 g/mol. The van der Waals surface area contributed by atoms with E-state index in [2.05, 4.69) is 5.32 Å². The lowest BCUT2D eigenvalue weighted by atomic mass is 10.1. The van der Waals surface area contributed by atoms with E-state index in [-0.39, 0.29) is 34.7 Å². The van der Waals surface area contributed by atoms with Gasteiger partial charge in [-0.2, -0.15) is 13.2 Å². The Hall–Kier alpha value is -3.40. The number of hydrogen-bond donors (Lipinski definition) is 1. The minimum absolute atomic E-state index is 0.0424. The van der Waals surface area contributed by atoms with Crippen LogP contribution in [0.4, 0.5) is 18.9 Å². The minimum Gasteiger partial charge on any atom is -0.482 e. The molecule has 0 fully saturated rings. The SMILES string of the molecule is COCCCN1C(=O)c2ccc(C(=O)Nc3ccccc3OCC(F)(F)F)cc2C1=O. The van der Waals surface area contributed by atoms with Crippen molar-refractivity contribution in [3.05, 3.63) is 59.2 Å². The maximum absolute atomic E-state index is 12.6. The van der Waals surface area contributed by atoms with E-state index in [4.69, 9.17) is 9.47 Å². The summed E-state index contributed by atoms with van der Waals surface area (Å²) in [6, 6.07) is 9.73. The highest BCUT2D eigenvalue weighted by atomic mass is 19.4. The lowest BCUT2D eigenvalue weighted by molar-refractivity contribution is -0.153. The van der Waals surface area contributed by atoms with Crippen molar-refractivity contribution in [3.8, 4) is 5.75 Å². The van der Waals surface area contributed by atoms with Gasteiger partial charge in [-0.15, -0.1) is 0 Å². The third-order valence-corrected chi connectivity index (χ3v) is 4.49. The number of benzene rings is 2. The number of rotatable bonds is 8. The Morgan fingerprint density at radius 3 is 2.48 bits per heavy atom. The molecule has 0 saturated heterocycles. The molecule has 0 unspecified atom stereocenters. The number of halogens is 3. The van der Waals surface area contributed by atoms with Crippen molar-refractivity contribution in [1.29, 1.82) is 0 Å². The number of methoxy groups -OCH3 is 1. The summed E-state index contributed by atoms with van der Waals surface area (Å²) in [5, 5.41) is 2.48. The first-order valence-electron chi connectivity index (χ1n) is 9.30. The number of nitrogens with zero attached hydrogens (tertiary/aromatic N) is 1. The van der Waals surface area contributed by atoms with Crippen LogP contribution in [0.5, 0.6) is 5.75 Å². The van der Waals surface area contributed by atoms with E-state index in [1.165, 1.54) is 49.6 Å². The second-order valence-corrected chi connectivity index (χ2v) is 6.72. The van der Waals surface area contributed by atoms with E-state index in [0.29, 0.717) is 13.0 Å². The van der Waals surface area contributed by atoms with Crippen molar-refractivity contribution in [3.63, 3.8) is 0 Å². The van der Waals surface area contributed by atoms with Gasteiger partial charge in [-0.3, -0.25) is 19.3 Å². The maximum Gasteiger partial charge on any atom is 0.422 e. The molecule has 0 bridgehead atoms. The standard InChI is InChI=1S/C21H19F3N2O5/c1-30-10-4-9-26-19(28)14-8-7-13(11-15(14)20(26)29)18(27)25-16-5-2-3-6-17(16)31-12-21(22,23)24/h2-3,5-8,11H,4,9-10,12H2,1H3,(H,25,27). The second-order valence-electron chi connectivity index (χ2n) is 6.72. The van der Waals surface area contributed by atoms with Gasteiger partial charge in [0, 0.05) is 25.8 Å². The topological polar surface area (TPSA) is 84.9 Å². The van der Waals surface area contributed by atoms with Crippen molar-refractivity contribution in [2.75, 3.05) is 32.2 Å². The Morgan fingerprint density at radius 2 is 1.77 bits per heavy atom. The number of anilines is 1. The summed E-state index contributed by atoms with van der Waals surface area (Å²) < 4.78 is 47.0. The van der Waals surface area contributed by atoms with Crippen molar-refractivity contribution in [2.24, 2.45) is 0 Å². The normalized spacial score (nSPS) is 13.4. The summed E-state index contributed by atoms with van der Waals surface area (Å²) in [7, 11) is 1.51. The van der Waals surface area contributed by atoms with Crippen molar-refractivity contribution < 1.29 is 37.0 Å². The van der Waals surface area contributed by atoms with Gasteiger partial charge in [-0.1, -0.05) is 12.1 Å². The first-order valence-corrected chi connectivity index (χ1v) is 9.30. The first kappa shape index (κ1) is 22.3. The summed E-state index contributed by atoms with van der Waals surface area (Å²) in [4.78, 5) is 38.7. The molecule has 1 aliphatic rings. The van der Waals surface area contributed by atoms with Crippen LogP contribution in [0.15, 0.2) is 42.5 Å². The van der Waals surface area contributed by atoms with Gasteiger partial charge in [0.15, 0.2) is 6.61 Å². The highest BCUT2D eigenvalue weighted by Crippen LogP contribution is 2.28. The number of amides is 3. The van der Waals surface area contributed by atoms with Crippen LogP contribution in [-0.2, 0) is 4.74 Å². The molecule has 0 aliphatic carbocycles. The van der Waals surface area contributed by atoms with Gasteiger partial charge in [0.05, 0.1) is 16.8 Å². The minimum atomic E-state index is -4.53. The largest absolute Gasteiger partial charge is 0.482 e. The van der Waals surface area contributed by atoms with Crippen LogP contribution in [0.3, 0.4) is 0 Å². The summed E-state index contributed by atoms with van der Waals surface area (Å²) in [5.74, 6) is -1.78. The van der Waals surface area contributed by atoms with Crippen LogP contribution < -0.4 is 10.1 Å². The van der Waals surface area contributed by atoms with E-state index in [1.54, 1.807) is 0 Å². The lowest BCUT2D eigenvalue weighted by Gasteiger charge is -2.14. The summed E-state index contributed by atoms with van der Waals surface area (Å²) in [6.45, 7) is -0.934. The second kappa shape index (κ2) is 9.17. The quantitative estimate of drug-likeness (QED) is 0.506. The van der Waals surface area contributed by atoms with E-state index >= 15 is 0 Å². The van der Waals surface area contributed by atoms with E-state index < -0.39 is 30.5 Å². The van der Waals surface area contributed by atoms with E-state index in [0.717, 1.165) is 4.90 Å². The molecule has 0 atom stereocenters. The summed E-state index contributed by atoms with van der Waals surface area (Å²) >= 11 is 0. The Labute approximate surface area is 175 Å². The van der Waals surface area contributed by atoms with Gasteiger partial charge in [0.2, 0.25) is 0 Å². The molecular formula is C21H19F3N2O5. The van der Waals surface area contributed by atoms with Crippen molar-refractivity contribution in [2.45, 2.75) is 12.6 Å². The predicted octanol–water partition coefficient (Wildman–Crippen LogP) is 3.51. The first-order chi connectivity index (χ1) is 14.7. The molecule has 31 heavy (non-hydrogen) atoms. The lowest BCUT2D eigenvalue weighted by Crippen LogP contribution is -2.31. The third kappa shape index (κ3) is 5.21. The monoisotopic (exact) mass is 436 g/mol. The highest BCUT2D eigenvalue weighted by molar-refractivity contribution is 6.22. The Kier molecular flexibility index (Phi) is 6.59. The molecule has 0 radical (unpaired) electrons. The predicted molar refractivity (Wildman–Crippen MR) is 104 cm³/mol. The van der Waals surface area contributed by atoms with Gasteiger partial charge in [-0.05, 0) is 36.8 Å². The summed E-state index contributed by atoms with van der Waals surface area (Å²) in [6.07, 6.45) is -4.05. The van der Waals surface area contributed by atoms with Gasteiger partial charge >= 0.3 is 6.18 Å². The highest BCUT2D eigenvalue weighted by Gasteiger charge is 2.35. The molecule has 2 aromatic rings. The summed E-state index contributed by atoms with van der Waals surface area (Å²) in [5.41, 5.74) is 0.398. The molecule has 1 heterocycles. The smallest absolute Gasteiger partial charge is 0.422 e. The molecule has 10 heteroatoms. The van der Waals surface area contributed by atoms with Crippen LogP contribution in [0.25, 0.3) is 0 Å². The van der Waals surface area contributed by atoms with Crippen LogP contribution in [0, 0.1) is 0 Å². The number of ether oxygens (including phenoxy) is 2. The molecule has 2 aromatic carbocycles. The Bertz CT molecular complexity index is 1010. The van der Waals surface area contributed by atoms with Crippen molar-refractivity contribution >= 4 is 23.4 Å². The average molecular weight is 436 g/mol. The number of fused-ring (bicyclic) bond motifs is 1. The molecule has 3 rings (SSSR count). The fourth-order valence-corrected chi connectivity index (χ4v) is 3.05. The number of carbonyl (C=O) groups is 3. The molecule has 1 aliphatic heterocycles. The van der Waals surface area contributed by atoms with Gasteiger partial charge in [0.25, 0.3) is 17.7 Å². The number of imide groups is 1. The average Bonchev–Trinajstić information content (AvgIpc) is 2.97. The van der Waals surface area contributed by atoms with E-state index in [1.807, 2.05) is 0 Å². The zero-order valence-electron chi connectivity index (χ0n) is 16.5. The fourth-order valence-electron chi connectivity index (χ4n) is 3.05. The number of hydrogen-bond acceptors (Lipinski definition) is 5. The molecule has 3 amide bonds. The van der Waals surface area contributed by atoms with Gasteiger partial charge in [0.1, 0.15) is 5.75 Å². The molecule has 0 saturated carbocycles. The third-order valence-electron chi connectivity index (χ3n) is 4.49. The molecule has 1 N–H and O–H groups in total. The number of para-hydroxylation sites is 2.